The van der Waals surface area contributed by atoms with Gasteiger partial charge in [-0.25, -0.2) is 4.79 Å². The highest BCUT2D eigenvalue weighted by atomic mass is 79.9. The molecule has 1 aromatic heterocycles. The van der Waals surface area contributed by atoms with Gasteiger partial charge in [-0.2, -0.15) is 0 Å². The highest BCUT2D eigenvalue weighted by molar-refractivity contribution is 9.10. The van der Waals surface area contributed by atoms with Crippen molar-refractivity contribution in [2.24, 2.45) is 5.92 Å². The summed E-state index contributed by atoms with van der Waals surface area (Å²) < 4.78 is 2.76. The van der Waals surface area contributed by atoms with Crippen molar-refractivity contribution < 1.29 is 14.7 Å². The zero-order chi connectivity index (χ0) is 15.6. The highest BCUT2D eigenvalue weighted by Gasteiger charge is 2.23. The van der Waals surface area contributed by atoms with Gasteiger partial charge in [-0.3, -0.25) is 4.79 Å². The third-order valence-electron chi connectivity index (χ3n) is 3.32. The molecule has 2 rings (SSSR count). The van der Waals surface area contributed by atoms with E-state index in [1.165, 1.54) is 0 Å². The Hall–Kier alpha value is -1.82. The van der Waals surface area contributed by atoms with Gasteiger partial charge in [0.15, 0.2) is 0 Å². The van der Waals surface area contributed by atoms with E-state index in [4.69, 9.17) is 5.11 Å². The van der Waals surface area contributed by atoms with Crippen LogP contribution in [0.3, 0.4) is 0 Å². The van der Waals surface area contributed by atoms with Gasteiger partial charge < -0.3 is 15.0 Å². The van der Waals surface area contributed by atoms with Crippen LogP contribution in [0.2, 0.25) is 0 Å². The van der Waals surface area contributed by atoms with Crippen molar-refractivity contribution >= 4 is 38.7 Å². The van der Waals surface area contributed by atoms with Crippen LogP contribution in [0.25, 0.3) is 10.9 Å². The minimum atomic E-state index is -1.02. The van der Waals surface area contributed by atoms with E-state index in [9.17, 15) is 9.59 Å². The molecule has 2 aromatic rings. The van der Waals surface area contributed by atoms with Crippen LogP contribution in [0.1, 0.15) is 13.8 Å². The Balaban J connectivity index is 2.15. The largest absolute Gasteiger partial charge is 0.480 e. The standard InChI is InChI=1S/C15H17BrN2O3/c1-9(2)14(15(20)21)17-13(19)8-18-7-6-10-11(16)4-3-5-12(10)18/h3-7,9,14H,8H2,1-2H3,(H,17,19)(H,20,21). The van der Waals surface area contributed by atoms with Gasteiger partial charge in [0.2, 0.25) is 5.91 Å². The fourth-order valence-electron chi connectivity index (χ4n) is 2.21. The minimum absolute atomic E-state index is 0.0937. The van der Waals surface area contributed by atoms with Crippen molar-refractivity contribution in [3.8, 4) is 0 Å². The smallest absolute Gasteiger partial charge is 0.326 e. The first-order chi connectivity index (χ1) is 9.90. The fraction of sp³-hybridized carbons (Fsp3) is 0.333. The van der Waals surface area contributed by atoms with E-state index in [0.717, 1.165) is 15.4 Å². The third kappa shape index (κ3) is 3.44. The number of benzene rings is 1. The molecule has 1 amide bonds. The normalized spacial score (nSPS) is 12.6. The lowest BCUT2D eigenvalue weighted by atomic mass is 10.1. The number of carbonyl (C=O) groups excluding carboxylic acids is 1. The van der Waals surface area contributed by atoms with E-state index in [-0.39, 0.29) is 18.4 Å². The number of hydrogen-bond donors (Lipinski definition) is 2. The summed E-state index contributed by atoms with van der Waals surface area (Å²) in [5.74, 6) is -1.49. The summed E-state index contributed by atoms with van der Waals surface area (Å²) in [6, 6.07) is 6.81. The first-order valence-electron chi connectivity index (χ1n) is 6.65. The summed E-state index contributed by atoms with van der Waals surface area (Å²) >= 11 is 3.46. The number of nitrogens with one attached hydrogen (secondary N) is 1. The SMILES string of the molecule is CC(C)C(NC(=O)Cn1ccc2c(Br)cccc21)C(=O)O. The number of aromatic nitrogens is 1. The van der Waals surface area contributed by atoms with Crippen LogP contribution in [0.4, 0.5) is 0 Å². The van der Waals surface area contributed by atoms with Crippen LogP contribution in [0.5, 0.6) is 0 Å². The molecule has 0 aliphatic carbocycles. The number of aliphatic carboxylic acids is 1. The number of rotatable bonds is 5. The van der Waals surface area contributed by atoms with E-state index in [1.54, 1.807) is 18.4 Å². The lowest BCUT2D eigenvalue weighted by Gasteiger charge is -2.18. The van der Waals surface area contributed by atoms with E-state index < -0.39 is 12.0 Å². The van der Waals surface area contributed by atoms with Crippen LogP contribution in [0.15, 0.2) is 34.9 Å². The number of amides is 1. The van der Waals surface area contributed by atoms with Crippen LogP contribution in [-0.2, 0) is 16.1 Å². The molecular weight excluding hydrogens is 336 g/mol. The molecule has 0 radical (unpaired) electrons. The first-order valence-corrected chi connectivity index (χ1v) is 7.45. The zero-order valence-corrected chi connectivity index (χ0v) is 13.4. The number of hydrogen-bond acceptors (Lipinski definition) is 2. The lowest BCUT2D eigenvalue weighted by molar-refractivity contribution is -0.143. The van der Waals surface area contributed by atoms with Crippen molar-refractivity contribution in [3.63, 3.8) is 0 Å². The molecule has 0 fully saturated rings. The second-order valence-corrected chi connectivity index (χ2v) is 6.10. The Morgan fingerprint density at radius 3 is 2.67 bits per heavy atom. The topological polar surface area (TPSA) is 71.3 Å². The molecule has 1 atom stereocenters. The average Bonchev–Trinajstić information content (AvgIpc) is 2.80. The molecule has 1 heterocycles. The molecule has 0 saturated heterocycles. The molecule has 1 aromatic carbocycles. The molecule has 6 heteroatoms. The highest BCUT2D eigenvalue weighted by Crippen LogP contribution is 2.24. The number of carboxylic acids is 1. The Labute approximate surface area is 131 Å². The third-order valence-corrected chi connectivity index (χ3v) is 4.02. The molecule has 0 aliphatic rings. The first kappa shape index (κ1) is 15.6. The maximum atomic E-state index is 12.1. The Morgan fingerprint density at radius 1 is 1.33 bits per heavy atom. The molecule has 2 N–H and O–H groups in total. The fourth-order valence-corrected chi connectivity index (χ4v) is 2.70. The number of fused-ring (bicyclic) bond motifs is 1. The summed E-state index contributed by atoms with van der Waals surface area (Å²) in [4.78, 5) is 23.2. The van der Waals surface area contributed by atoms with Gasteiger partial charge in [-0.1, -0.05) is 35.8 Å². The summed E-state index contributed by atoms with van der Waals surface area (Å²) in [6.45, 7) is 3.62. The van der Waals surface area contributed by atoms with E-state index in [1.807, 2.05) is 30.5 Å². The quantitative estimate of drug-likeness (QED) is 0.868. The van der Waals surface area contributed by atoms with Gasteiger partial charge in [-0.15, -0.1) is 0 Å². The predicted octanol–water partition coefficient (Wildman–Crippen LogP) is 2.63. The Morgan fingerprint density at radius 2 is 2.05 bits per heavy atom. The average molecular weight is 353 g/mol. The molecular formula is C15H17BrN2O3. The van der Waals surface area contributed by atoms with Crippen molar-refractivity contribution in [3.05, 3.63) is 34.9 Å². The number of carbonyl (C=O) groups is 2. The molecule has 0 bridgehead atoms. The second kappa shape index (κ2) is 6.30. The van der Waals surface area contributed by atoms with Crippen LogP contribution < -0.4 is 5.32 Å². The maximum absolute atomic E-state index is 12.1. The molecule has 0 spiro atoms. The van der Waals surface area contributed by atoms with Crippen molar-refractivity contribution in [2.45, 2.75) is 26.4 Å². The monoisotopic (exact) mass is 352 g/mol. The van der Waals surface area contributed by atoms with Crippen LogP contribution in [0, 0.1) is 5.92 Å². The van der Waals surface area contributed by atoms with Gasteiger partial charge in [0.25, 0.3) is 0 Å². The number of nitrogens with zero attached hydrogens (tertiary/aromatic N) is 1. The molecule has 0 saturated carbocycles. The Kier molecular flexibility index (Phi) is 4.67. The van der Waals surface area contributed by atoms with Crippen molar-refractivity contribution in [1.29, 1.82) is 0 Å². The minimum Gasteiger partial charge on any atom is -0.480 e. The molecule has 0 aliphatic heterocycles. The van der Waals surface area contributed by atoms with E-state index in [2.05, 4.69) is 21.2 Å². The summed E-state index contributed by atoms with van der Waals surface area (Å²) in [5.41, 5.74) is 0.927. The number of halogens is 1. The Bertz CT molecular complexity index is 679. The van der Waals surface area contributed by atoms with Gasteiger partial charge in [0, 0.05) is 21.6 Å². The second-order valence-electron chi connectivity index (χ2n) is 5.24. The van der Waals surface area contributed by atoms with Gasteiger partial charge >= 0.3 is 5.97 Å². The summed E-state index contributed by atoms with van der Waals surface area (Å²) in [7, 11) is 0. The van der Waals surface area contributed by atoms with Gasteiger partial charge in [0.1, 0.15) is 12.6 Å². The van der Waals surface area contributed by atoms with E-state index >= 15 is 0 Å². The van der Waals surface area contributed by atoms with Crippen LogP contribution in [-0.4, -0.2) is 27.6 Å². The summed E-state index contributed by atoms with van der Waals surface area (Å²) in [6.07, 6.45) is 1.82. The number of carboxylic acid groups (broad SMARTS) is 1. The van der Waals surface area contributed by atoms with Crippen molar-refractivity contribution in [1.82, 2.24) is 9.88 Å². The van der Waals surface area contributed by atoms with Crippen LogP contribution >= 0.6 is 15.9 Å². The lowest BCUT2D eigenvalue weighted by Crippen LogP contribution is -2.45. The van der Waals surface area contributed by atoms with Gasteiger partial charge in [0.05, 0.1) is 0 Å². The molecule has 5 nitrogen and oxygen atoms in total. The molecule has 112 valence electrons. The molecule has 1 unspecified atom stereocenters. The van der Waals surface area contributed by atoms with Crippen molar-refractivity contribution in [2.75, 3.05) is 0 Å². The summed E-state index contributed by atoms with van der Waals surface area (Å²) in [5, 5.41) is 12.7. The molecule has 21 heavy (non-hydrogen) atoms. The maximum Gasteiger partial charge on any atom is 0.326 e. The predicted molar refractivity (Wildman–Crippen MR) is 84.0 cm³/mol. The zero-order valence-electron chi connectivity index (χ0n) is 11.8. The van der Waals surface area contributed by atoms with E-state index in [0.29, 0.717) is 0 Å². The van der Waals surface area contributed by atoms with Gasteiger partial charge in [-0.05, 0) is 24.1 Å².